The zero-order valence-electron chi connectivity index (χ0n) is 22.9. The van der Waals surface area contributed by atoms with Crippen molar-refractivity contribution < 1.29 is 54.0 Å². The predicted octanol–water partition coefficient (Wildman–Crippen LogP) is -6.45. The van der Waals surface area contributed by atoms with Gasteiger partial charge in [-0.05, 0) is 26.0 Å². The summed E-state index contributed by atoms with van der Waals surface area (Å²) in [7, 11) is 1.77. The summed E-state index contributed by atoms with van der Waals surface area (Å²) in [6.07, 6.45) is -12.1. The van der Waals surface area contributed by atoms with Crippen LogP contribution in [0, 0.1) is 0 Å². The lowest BCUT2D eigenvalue weighted by atomic mass is 9.84. The molecule has 17 nitrogen and oxygen atoms in total. The number of hydrogen-bond acceptors (Lipinski definition) is 17. The van der Waals surface area contributed by atoms with E-state index in [-0.39, 0.29) is 13.0 Å². The summed E-state index contributed by atoms with van der Waals surface area (Å²) in [5.41, 5.74) is 30.4. The minimum atomic E-state index is -1.52. The second-order valence-corrected chi connectivity index (χ2v) is 11.0. The fourth-order valence-corrected chi connectivity index (χ4v) is 5.55. The molecule has 1 aliphatic carbocycles. The van der Waals surface area contributed by atoms with E-state index in [0.29, 0.717) is 18.7 Å². The largest absolute Gasteiger partial charge is 0.467 e. The van der Waals surface area contributed by atoms with Gasteiger partial charge in [0.05, 0.1) is 31.3 Å². The summed E-state index contributed by atoms with van der Waals surface area (Å²) in [5.74, 6) is 0.635. The molecule has 4 aliphatic rings. The third-order valence-electron chi connectivity index (χ3n) is 7.98. The first-order valence-electron chi connectivity index (χ1n) is 13.8. The predicted molar refractivity (Wildman–Crippen MR) is 140 cm³/mol. The molecule has 3 fully saturated rings. The molecule has 2 saturated heterocycles. The molecule has 0 bridgehead atoms. The van der Waals surface area contributed by atoms with E-state index in [9.17, 15) is 25.5 Å². The molecule has 0 aromatic rings. The maximum atomic E-state index is 11.1. The Morgan fingerprint density at radius 3 is 2.12 bits per heavy atom. The number of aliphatic hydroxyl groups is 5. The standard InChI is InChI=1S/C24H46N6O11/c1-30-6-8-2-3-9(26)22(36-8)39-19-11(28)4-10(27)15(32)21(19)41-24-18(35)20(13(7-31)38-24)40-23-14(29)17(34)16(33)12(5-25)37-23/h2,9-24,30-35H,3-7,25-29H2,1H3. The average Bonchev–Trinajstić information content (AvgIpc) is 3.24. The molecule has 0 aromatic carbocycles. The molecular formula is C24H46N6O11. The Bertz CT molecular complexity index is 876. The van der Waals surface area contributed by atoms with Gasteiger partial charge in [-0.2, -0.15) is 0 Å². The molecular weight excluding hydrogens is 548 g/mol. The summed E-state index contributed by atoms with van der Waals surface area (Å²) in [5, 5.41) is 55.5. The normalized spacial score (nSPS) is 49.0. The molecule has 0 spiro atoms. The minimum absolute atomic E-state index is 0.133. The van der Waals surface area contributed by atoms with Crippen LogP contribution >= 0.6 is 0 Å². The zero-order valence-corrected chi connectivity index (χ0v) is 22.9. The summed E-state index contributed by atoms with van der Waals surface area (Å²) >= 11 is 0. The molecule has 41 heavy (non-hydrogen) atoms. The third-order valence-corrected chi connectivity index (χ3v) is 7.98. The van der Waals surface area contributed by atoms with E-state index in [0.717, 1.165) is 0 Å². The van der Waals surface area contributed by atoms with Crippen LogP contribution in [0.2, 0.25) is 0 Å². The highest BCUT2D eigenvalue weighted by Gasteiger charge is 2.53. The van der Waals surface area contributed by atoms with Crippen molar-refractivity contribution in [3.8, 4) is 0 Å². The van der Waals surface area contributed by atoms with Gasteiger partial charge in [0.15, 0.2) is 12.6 Å². The maximum Gasteiger partial charge on any atom is 0.215 e. The SMILES string of the molecule is CNCC1=CCC(N)C(OC2C(N)CC(N)C(O)C2OC2OC(CO)C(OC3OC(CN)C(O)C(O)C3N)C2O)O1. The summed E-state index contributed by atoms with van der Waals surface area (Å²) in [6, 6.07) is -3.19. The summed E-state index contributed by atoms with van der Waals surface area (Å²) < 4.78 is 35.3. The topological polar surface area (TPSA) is 299 Å². The number of rotatable bonds is 10. The second-order valence-electron chi connectivity index (χ2n) is 11.0. The molecule has 238 valence electrons. The lowest BCUT2D eigenvalue weighted by molar-refractivity contribution is -0.282. The number of hydrogen-bond donors (Lipinski definition) is 11. The van der Waals surface area contributed by atoms with Gasteiger partial charge in [-0.25, -0.2) is 0 Å². The summed E-state index contributed by atoms with van der Waals surface area (Å²) in [4.78, 5) is 0. The van der Waals surface area contributed by atoms with Gasteiger partial charge in [0.1, 0.15) is 54.6 Å². The Morgan fingerprint density at radius 2 is 1.46 bits per heavy atom. The monoisotopic (exact) mass is 594 g/mol. The van der Waals surface area contributed by atoms with E-state index in [1.807, 2.05) is 6.08 Å². The van der Waals surface area contributed by atoms with Crippen LogP contribution < -0.4 is 34.0 Å². The highest BCUT2D eigenvalue weighted by molar-refractivity contribution is 5.04. The van der Waals surface area contributed by atoms with Crippen LogP contribution in [0.3, 0.4) is 0 Å². The van der Waals surface area contributed by atoms with Gasteiger partial charge >= 0.3 is 0 Å². The van der Waals surface area contributed by atoms with Gasteiger partial charge in [-0.3, -0.25) is 0 Å². The van der Waals surface area contributed by atoms with Gasteiger partial charge in [-0.1, -0.05) is 0 Å². The van der Waals surface area contributed by atoms with E-state index in [4.69, 9.17) is 57.1 Å². The Kier molecular flexibility index (Phi) is 11.3. The third kappa shape index (κ3) is 7.01. The van der Waals surface area contributed by atoms with Gasteiger partial charge in [0.2, 0.25) is 6.29 Å². The first-order chi connectivity index (χ1) is 19.5. The molecule has 1 saturated carbocycles. The number of aliphatic hydroxyl groups excluding tert-OH is 5. The minimum Gasteiger partial charge on any atom is -0.467 e. The molecule has 4 rings (SSSR count). The van der Waals surface area contributed by atoms with E-state index in [2.05, 4.69) is 5.32 Å². The van der Waals surface area contributed by atoms with E-state index in [1.54, 1.807) is 7.05 Å². The van der Waals surface area contributed by atoms with Crippen molar-refractivity contribution in [2.45, 2.75) is 111 Å². The molecule has 16 N–H and O–H groups in total. The van der Waals surface area contributed by atoms with Crippen LogP contribution in [-0.2, 0) is 28.4 Å². The maximum absolute atomic E-state index is 11.1. The van der Waals surface area contributed by atoms with Crippen molar-refractivity contribution in [3.63, 3.8) is 0 Å². The number of likely N-dealkylation sites (N-methyl/N-ethyl adjacent to an activating group) is 1. The smallest absolute Gasteiger partial charge is 0.215 e. The van der Waals surface area contributed by atoms with Crippen molar-refractivity contribution in [1.82, 2.24) is 5.32 Å². The Morgan fingerprint density at radius 1 is 0.805 bits per heavy atom. The molecule has 0 aromatic heterocycles. The van der Waals surface area contributed by atoms with Crippen LogP contribution in [0.4, 0.5) is 0 Å². The number of nitrogens with one attached hydrogen (secondary N) is 1. The molecule has 16 unspecified atom stereocenters. The Hall–Kier alpha value is -1.10. The zero-order chi connectivity index (χ0) is 30.0. The van der Waals surface area contributed by atoms with Crippen LogP contribution in [0.5, 0.6) is 0 Å². The van der Waals surface area contributed by atoms with Crippen LogP contribution in [0.1, 0.15) is 12.8 Å². The summed E-state index contributed by atoms with van der Waals surface area (Å²) in [6.45, 7) is -0.266. The highest BCUT2D eigenvalue weighted by atomic mass is 16.8. The molecule has 0 radical (unpaired) electrons. The first-order valence-corrected chi connectivity index (χ1v) is 13.8. The second kappa shape index (κ2) is 14.1. The fraction of sp³-hybridized carbons (Fsp3) is 0.917. The van der Waals surface area contributed by atoms with Crippen molar-refractivity contribution in [2.75, 3.05) is 26.7 Å². The van der Waals surface area contributed by atoms with Gasteiger partial charge in [0, 0.05) is 18.6 Å². The van der Waals surface area contributed by atoms with Crippen LogP contribution in [0.15, 0.2) is 11.8 Å². The van der Waals surface area contributed by atoms with E-state index in [1.165, 1.54) is 0 Å². The van der Waals surface area contributed by atoms with E-state index >= 15 is 0 Å². The Balaban J connectivity index is 1.48. The lowest BCUT2D eigenvalue weighted by Gasteiger charge is -2.45. The highest BCUT2D eigenvalue weighted by Crippen LogP contribution is 2.34. The molecule has 17 heteroatoms. The Labute approximate surface area is 237 Å². The first kappa shape index (κ1) is 32.8. The van der Waals surface area contributed by atoms with Crippen LogP contribution in [0.25, 0.3) is 0 Å². The quantitative estimate of drug-likeness (QED) is 0.112. The molecule has 16 atom stereocenters. The number of nitrogens with two attached hydrogens (primary N) is 5. The lowest BCUT2D eigenvalue weighted by Crippen LogP contribution is -2.65. The molecule has 0 amide bonds. The van der Waals surface area contributed by atoms with Crippen molar-refractivity contribution in [2.24, 2.45) is 28.7 Å². The van der Waals surface area contributed by atoms with Gasteiger partial charge in [-0.15, -0.1) is 0 Å². The molecule has 3 heterocycles. The fourth-order valence-electron chi connectivity index (χ4n) is 5.55. The average molecular weight is 595 g/mol. The number of ether oxygens (including phenoxy) is 6. The molecule has 3 aliphatic heterocycles. The van der Waals surface area contributed by atoms with Crippen LogP contribution in [-0.4, -0.2) is 150 Å². The van der Waals surface area contributed by atoms with Crippen molar-refractivity contribution in [1.29, 1.82) is 0 Å². The van der Waals surface area contributed by atoms with Gasteiger partial charge in [0.25, 0.3) is 0 Å². The van der Waals surface area contributed by atoms with Crippen molar-refractivity contribution >= 4 is 0 Å². The van der Waals surface area contributed by atoms with E-state index < -0.39 is 105 Å². The van der Waals surface area contributed by atoms with Crippen molar-refractivity contribution in [3.05, 3.63) is 11.8 Å². The van der Waals surface area contributed by atoms with Gasteiger partial charge < -0.3 is 87.9 Å².